The van der Waals surface area contributed by atoms with E-state index in [0.29, 0.717) is 30.3 Å². The highest BCUT2D eigenvalue weighted by Gasteiger charge is 2.40. The van der Waals surface area contributed by atoms with Gasteiger partial charge in [-0.3, -0.25) is 33.7 Å². The summed E-state index contributed by atoms with van der Waals surface area (Å²) in [6.07, 6.45) is 9.50. The van der Waals surface area contributed by atoms with Gasteiger partial charge >= 0.3 is 5.69 Å². The smallest absolute Gasteiger partial charge is 0.329 e. The summed E-state index contributed by atoms with van der Waals surface area (Å²) in [5, 5.41) is 13.4. The number of amides is 3. The van der Waals surface area contributed by atoms with Crippen LogP contribution >= 0.6 is 0 Å². The summed E-state index contributed by atoms with van der Waals surface area (Å²) >= 11 is 0. The number of aromatic nitrogens is 7. The Hall–Kier alpha value is -6.27. The number of alkyl halides is 2. The van der Waals surface area contributed by atoms with Crippen LogP contribution < -0.4 is 21.2 Å². The molecule has 4 aromatic heterocycles. The molecular weight excluding hydrogens is 813 g/mol. The Morgan fingerprint density at radius 2 is 1.86 bits per heavy atom. The molecule has 4 aliphatic heterocycles. The molecule has 4 fully saturated rings. The molecule has 3 atom stereocenters. The lowest BCUT2D eigenvalue weighted by Crippen LogP contribution is -2.44. The minimum absolute atomic E-state index is 0.0857. The zero-order valence-electron chi connectivity index (χ0n) is 35.0. The van der Waals surface area contributed by atoms with E-state index in [1.54, 1.807) is 22.4 Å². The molecule has 10 rings (SSSR count). The van der Waals surface area contributed by atoms with Crippen LogP contribution in [-0.4, -0.2) is 94.5 Å². The van der Waals surface area contributed by atoms with Gasteiger partial charge in [0.05, 0.1) is 53.6 Å². The van der Waals surface area contributed by atoms with E-state index >= 15 is 0 Å². The van der Waals surface area contributed by atoms with Crippen LogP contribution in [0.3, 0.4) is 0 Å². The normalized spacial score (nSPS) is 20.8. The van der Waals surface area contributed by atoms with Crippen LogP contribution in [0.4, 0.5) is 20.3 Å². The average molecular weight is 862 g/mol. The van der Waals surface area contributed by atoms with Gasteiger partial charge in [-0.25, -0.2) is 27.8 Å². The maximum atomic E-state index is 14.3. The number of imide groups is 1. The number of aryl methyl sites for hydroxylation is 2. The zero-order chi connectivity index (χ0) is 43.4. The van der Waals surface area contributed by atoms with Crippen LogP contribution in [0.5, 0.6) is 0 Å². The number of carbonyl (C=O) groups excluding carboxylic acids is 3. The van der Waals surface area contributed by atoms with Gasteiger partial charge in [0.15, 0.2) is 11.3 Å². The number of hydrogen-bond acceptors (Lipinski definition) is 10. The summed E-state index contributed by atoms with van der Waals surface area (Å²) in [6.45, 7) is 4.11. The second-order valence-corrected chi connectivity index (χ2v) is 17.3. The van der Waals surface area contributed by atoms with Crippen LogP contribution in [-0.2, 0) is 34.3 Å². The van der Waals surface area contributed by atoms with Crippen molar-refractivity contribution in [2.24, 2.45) is 13.0 Å². The number of morpholine rings is 1. The van der Waals surface area contributed by atoms with Crippen molar-refractivity contribution >= 4 is 45.9 Å². The number of likely N-dealkylation sites (tertiary alicyclic amines) is 1. The molecule has 3 amide bonds. The molecule has 63 heavy (non-hydrogen) atoms. The summed E-state index contributed by atoms with van der Waals surface area (Å²) < 4.78 is 40.3. The van der Waals surface area contributed by atoms with Gasteiger partial charge in [-0.2, -0.15) is 10.2 Å². The van der Waals surface area contributed by atoms with Gasteiger partial charge in [-0.15, -0.1) is 0 Å². The van der Waals surface area contributed by atoms with Gasteiger partial charge in [0.2, 0.25) is 11.8 Å². The number of benzene rings is 2. The lowest BCUT2D eigenvalue weighted by molar-refractivity contribution is -0.135. The van der Waals surface area contributed by atoms with Crippen molar-refractivity contribution in [3.05, 3.63) is 100.0 Å². The average Bonchev–Trinajstić information content (AvgIpc) is 4.13. The topological polar surface area (TPSA) is 166 Å². The fourth-order valence-corrected chi connectivity index (χ4v) is 9.97. The van der Waals surface area contributed by atoms with Crippen molar-refractivity contribution in [2.45, 2.75) is 88.9 Å². The van der Waals surface area contributed by atoms with E-state index in [4.69, 9.17) is 9.72 Å². The van der Waals surface area contributed by atoms with E-state index in [0.717, 1.165) is 99.1 Å². The first-order valence-electron chi connectivity index (χ1n) is 21.8. The molecule has 2 N–H and O–H groups in total. The third-order valence-electron chi connectivity index (χ3n) is 13.3. The number of imidazole rings is 1. The summed E-state index contributed by atoms with van der Waals surface area (Å²) in [5.41, 5.74) is 3.99. The van der Waals surface area contributed by atoms with Crippen LogP contribution in [0, 0.1) is 5.92 Å². The van der Waals surface area contributed by atoms with Crippen molar-refractivity contribution < 1.29 is 27.9 Å². The molecule has 8 heterocycles. The standard InChI is InChI=1S/C45H49F2N11O5/c1-53-40-29(7-4-8-35(40)58(45(53)62)36-13-14-38(59)51-44(36)61)6-3-2-5-27-15-18-54(19-16-27)23-28-9-11-30(12-10-28)57-25-34(39(52-57)41(46)47)49-43(60)33-22-48-56-20-17-37(50-42(33)56)55-24-32-21-31(55)26-63-32/h4,7-12,17,20,22,25,27,31-32,36,41H,2-3,5-6,13-16,18-19,21,23-24,26H2,1H3,(H,49,60)(H,51,59,61)/t31-,32-,36?/m1/s1. The molecule has 0 radical (unpaired) electrons. The predicted molar refractivity (Wildman–Crippen MR) is 229 cm³/mol. The number of halogens is 2. The number of hydrogen-bond donors (Lipinski definition) is 2. The van der Waals surface area contributed by atoms with E-state index in [1.165, 1.54) is 21.6 Å². The van der Waals surface area contributed by atoms with Crippen LogP contribution in [0.2, 0.25) is 0 Å². The molecule has 0 spiro atoms. The van der Waals surface area contributed by atoms with Crippen LogP contribution in [0.25, 0.3) is 22.4 Å². The summed E-state index contributed by atoms with van der Waals surface area (Å²) in [5.74, 6) is 0.0127. The second-order valence-electron chi connectivity index (χ2n) is 17.3. The number of nitrogens with zero attached hydrogens (tertiary/aromatic N) is 9. The molecule has 16 nitrogen and oxygen atoms in total. The molecule has 1 unspecified atom stereocenters. The summed E-state index contributed by atoms with van der Waals surface area (Å²) in [6, 6.07) is 14.9. The lowest BCUT2D eigenvalue weighted by Gasteiger charge is -2.32. The number of ether oxygens (including phenoxy) is 1. The fourth-order valence-electron chi connectivity index (χ4n) is 9.97. The molecular formula is C45H49F2N11O5. The molecule has 6 aromatic rings. The van der Waals surface area contributed by atoms with Gasteiger partial charge in [-0.1, -0.05) is 37.1 Å². The third-order valence-corrected chi connectivity index (χ3v) is 13.3. The maximum Gasteiger partial charge on any atom is 0.329 e. The molecule has 18 heteroatoms. The largest absolute Gasteiger partial charge is 0.374 e. The fraction of sp³-hybridized carbons (Fsp3) is 0.444. The quantitative estimate of drug-likeness (QED) is 0.114. The highest BCUT2D eigenvalue weighted by Crippen LogP contribution is 2.33. The summed E-state index contributed by atoms with van der Waals surface area (Å²) in [7, 11) is 1.74. The van der Waals surface area contributed by atoms with E-state index in [2.05, 4.69) is 36.7 Å². The Morgan fingerprint density at radius 3 is 2.60 bits per heavy atom. The number of nitrogens with one attached hydrogen (secondary N) is 2. The number of rotatable bonds is 13. The maximum absolute atomic E-state index is 14.3. The molecule has 4 saturated heterocycles. The first kappa shape index (κ1) is 40.8. The minimum Gasteiger partial charge on any atom is -0.374 e. The third kappa shape index (κ3) is 7.90. The Kier molecular flexibility index (Phi) is 10.9. The number of piperidine rings is 2. The highest BCUT2D eigenvalue weighted by molar-refractivity contribution is 6.08. The molecule has 2 aromatic carbocycles. The molecule has 0 aliphatic carbocycles. The number of unbranched alkanes of at least 4 members (excludes halogenated alkanes) is 1. The van der Waals surface area contributed by atoms with Crippen molar-refractivity contribution in [1.82, 2.24) is 43.7 Å². The Bertz CT molecular complexity index is 2770. The Labute approximate surface area is 360 Å². The lowest BCUT2D eigenvalue weighted by atomic mass is 9.90. The van der Waals surface area contributed by atoms with Crippen molar-refractivity contribution in [3.8, 4) is 5.69 Å². The van der Waals surface area contributed by atoms with Gasteiger partial charge < -0.3 is 15.0 Å². The van der Waals surface area contributed by atoms with E-state index in [9.17, 15) is 28.0 Å². The molecule has 2 bridgehead atoms. The van der Waals surface area contributed by atoms with Crippen LogP contribution in [0.15, 0.2) is 71.9 Å². The SMILES string of the molecule is Cn1c(=O)n(C2CCC(=O)NC2=O)c2cccc(CCCCC3CCN(Cc4ccc(-n5cc(NC(=O)c6cnn7ccc(N8C[C@H]9C[C@@H]8CO9)nc67)c(C(F)F)n5)cc4)CC3)c21. The van der Waals surface area contributed by atoms with E-state index < -0.39 is 30.0 Å². The molecule has 4 aliphatic rings. The van der Waals surface area contributed by atoms with Crippen molar-refractivity contribution in [3.63, 3.8) is 0 Å². The van der Waals surface area contributed by atoms with Crippen LogP contribution in [0.1, 0.15) is 91.0 Å². The second kappa shape index (κ2) is 16.8. The van der Waals surface area contributed by atoms with E-state index in [1.807, 2.05) is 42.5 Å². The molecule has 328 valence electrons. The first-order chi connectivity index (χ1) is 30.6. The van der Waals surface area contributed by atoms with Gasteiger partial charge in [0.25, 0.3) is 12.3 Å². The van der Waals surface area contributed by atoms with Gasteiger partial charge in [-0.05, 0) is 92.9 Å². The van der Waals surface area contributed by atoms with E-state index in [-0.39, 0.29) is 41.4 Å². The number of para-hydroxylation sites is 1. The Balaban J connectivity index is 0.716. The highest BCUT2D eigenvalue weighted by atomic mass is 19.3. The van der Waals surface area contributed by atoms with Crippen molar-refractivity contribution in [2.75, 3.05) is 36.5 Å². The summed E-state index contributed by atoms with van der Waals surface area (Å²) in [4.78, 5) is 60.5. The number of carbonyl (C=O) groups is 3. The van der Waals surface area contributed by atoms with Gasteiger partial charge in [0.1, 0.15) is 17.4 Å². The number of fused-ring (bicyclic) bond motifs is 4. The van der Waals surface area contributed by atoms with Crippen molar-refractivity contribution in [1.29, 1.82) is 0 Å². The Morgan fingerprint density at radius 1 is 1.03 bits per heavy atom. The molecule has 0 saturated carbocycles. The zero-order valence-corrected chi connectivity index (χ0v) is 35.0. The predicted octanol–water partition coefficient (Wildman–Crippen LogP) is 5.34. The first-order valence-corrected chi connectivity index (χ1v) is 21.8. The van der Waals surface area contributed by atoms with Gasteiger partial charge in [0, 0.05) is 32.8 Å². The minimum atomic E-state index is -2.91. The monoisotopic (exact) mass is 861 g/mol. The number of anilines is 2.